The van der Waals surface area contributed by atoms with Crippen molar-refractivity contribution < 1.29 is 4.79 Å². The van der Waals surface area contributed by atoms with E-state index in [0.29, 0.717) is 18.4 Å². The summed E-state index contributed by atoms with van der Waals surface area (Å²) in [5.74, 6) is 1.34. The normalized spacial score (nSPS) is 29.2. The zero-order valence-corrected chi connectivity index (χ0v) is 14.9. The first-order chi connectivity index (χ1) is 10.5. The van der Waals surface area contributed by atoms with Gasteiger partial charge in [-0.15, -0.1) is 12.4 Å². The fraction of sp³-hybridized carbons (Fsp3) is 0.632. The molecular weight excluding hydrogens is 308 g/mol. The maximum atomic E-state index is 12.6. The first-order valence-electron chi connectivity index (χ1n) is 8.53. The highest BCUT2D eigenvalue weighted by atomic mass is 35.5. The molecule has 4 atom stereocenters. The predicted octanol–water partition coefficient (Wildman–Crippen LogP) is 3.17. The smallest absolute Gasteiger partial charge is 0.224 e. The van der Waals surface area contributed by atoms with Crippen LogP contribution in [0.1, 0.15) is 38.7 Å². The van der Waals surface area contributed by atoms with Crippen LogP contribution in [0, 0.1) is 23.2 Å². The van der Waals surface area contributed by atoms with Crippen molar-refractivity contribution in [2.45, 2.75) is 45.6 Å². The number of benzene rings is 1. The number of fused-ring (bicyclic) bond motifs is 2. The number of hydrogen-bond acceptors (Lipinski definition) is 2. The van der Waals surface area contributed by atoms with E-state index in [0.717, 1.165) is 12.8 Å². The fourth-order valence-electron chi connectivity index (χ4n) is 4.38. The number of carbonyl (C=O) groups is 1. The molecule has 3 nitrogen and oxygen atoms in total. The second-order valence-electron chi connectivity index (χ2n) is 7.98. The molecule has 0 aromatic heterocycles. The fourth-order valence-corrected chi connectivity index (χ4v) is 4.38. The SMILES string of the molecule is CC(C)(CNC(=O)C1C2CCC(C2)C1N)Cc1ccccc1.Cl. The Labute approximate surface area is 145 Å². The highest BCUT2D eigenvalue weighted by Crippen LogP contribution is 2.47. The van der Waals surface area contributed by atoms with Crippen LogP contribution in [0.25, 0.3) is 0 Å². The molecule has 128 valence electrons. The Morgan fingerprint density at radius 3 is 2.48 bits per heavy atom. The summed E-state index contributed by atoms with van der Waals surface area (Å²) in [6.07, 6.45) is 4.53. The summed E-state index contributed by atoms with van der Waals surface area (Å²) in [6, 6.07) is 10.5. The van der Waals surface area contributed by atoms with Gasteiger partial charge >= 0.3 is 0 Å². The van der Waals surface area contributed by atoms with Crippen molar-refractivity contribution in [2.24, 2.45) is 28.9 Å². The summed E-state index contributed by atoms with van der Waals surface area (Å²) in [6.45, 7) is 5.13. The van der Waals surface area contributed by atoms with E-state index in [2.05, 4.69) is 43.4 Å². The standard InChI is InChI=1S/C19H28N2O.ClH/c1-19(2,11-13-6-4-3-5-7-13)12-21-18(22)16-14-8-9-15(10-14)17(16)20;/h3-7,14-17H,8-12,20H2,1-2H3,(H,21,22);1H. The molecule has 2 fully saturated rings. The lowest BCUT2D eigenvalue weighted by Gasteiger charge is -2.30. The summed E-state index contributed by atoms with van der Waals surface area (Å²) in [4.78, 5) is 12.6. The Hall–Kier alpha value is -1.06. The molecule has 0 heterocycles. The number of rotatable bonds is 5. The van der Waals surface area contributed by atoms with E-state index in [-0.39, 0.29) is 35.7 Å². The first kappa shape index (κ1) is 18.3. The molecule has 2 aliphatic carbocycles. The van der Waals surface area contributed by atoms with Gasteiger partial charge in [0, 0.05) is 12.6 Å². The Morgan fingerprint density at radius 1 is 1.22 bits per heavy atom. The summed E-state index contributed by atoms with van der Waals surface area (Å²) in [5, 5.41) is 3.18. The van der Waals surface area contributed by atoms with E-state index in [9.17, 15) is 4.79 Å². The van der Waals surface area contributed by atoms with Crippen LogP contribution >= 0.6 is 12.4 Å². The second kappa shape index (κ2) is 7.23. The third-order valence-corrected chi connectivity index (χ3v) is 5.55. The Balaban J connectivity index is 0.00000192. The number of nitrogens with two attached hydrogens (primary N) is 1. The van der Waals surface area contributed by atoms with E-state index in [1.165, 1.54) is 18.4 Å². The summed E-state index contributed by atoms with van der Waals surface area (Å²) >= 11 is 0. The van der Waals surface area contributed by atoms with Gasteiger partial charge in [0.15, 0.2) is 0 Å². The molecule has 3 rings (SSSR count). The van der Waals surface area contributed by atoms with E-state index < -0.39 is 0 Å². The molecule has 1 amide bonds. The summed E-state index contributed by atoms with van der Waals surface area (Å²) < 4.78 is 0. The minimum absolute atomic E-state index is 0. The highest BCUT2D eigenvalue weighted by molar-refractivity contribution is 5.85. The zero-order valence-electron chi connectivity index (χ0n) is 14.1. The predicted molar refractivity (Wildman–Crippen MR) is 96.5 cm³/mol. The first-order valence-corrected chi connectivity index (χ1v) is 8.53. The van der Waals surface area contributed by atoms with Crippen LogP contribution in [0.3, 0.4) is 0 Å². The minimum Gasteiger partial charge on any atom is -0.355 e. The van der Waals surface area contributed by atoms with E-state index >= 15 is 0 Å². The van der Waals surface area contributed by atoms with Crippen molar-refractivity contribution in [1.29, 1.82) is 0 Å². The van der Waals surface area contributed by atoms with Gasteiger partial charge in [-0.2, -0.15) is 0 Å². The van der Waals surface area contributed by atoms with Gasteiger partial charge < -0.3 is 11.1 Å². The summed E-state index contributed by atoms with van der Waals surface area (Å²) in [5.41, 5.74) is 7.64. The average Bonchev–Trinajstić information content (AvgIpc) is 3.06. The van der Waals surface area contributed by atoms with Gasteiger partial charge in [0.2, 0.25) is 5.91 Å². The van der Waals surface area contributed by atoms with Crippen molar-refractivity contribution in [3.8, 4) is 0 Å². The van der Waals surface area contributed by atoms with Crippen LogP contribution in [0.15, 0.2) is 30.3 Å². The Morgan fingerprint density at radius 2 is 1.87 bits per heavy atom. The molecule has 1 aromatic rings. The van der Waals surface area contributed by atoms with E-state index in [4.69, 9.17) is 5.73 Å². The number of amides is 1. The van der Waals surface area contributed by atoms with Gasteiger partial charge in [-0.1, -0.05) is 44.2 Å². The maximum Gasteiger partial charge on any atom is 0.224 e. The lowest BCUT2D eigenvalue weighted by molar-refractivity contribution is -0.127. The van der Waals surface area contributed by atoms with Crippen molar-refractivity contribution in [3.05, 3.63) is 35.9 Å². The van der Waals surface area contributed by atoms with E-state index in [1.54, 1.807) is 0 Å². The van der Waals surface area contributed by atoms with Gasteiger partial charge in [0.05, 0.1) is 5.92 Å². The molecule has 2 bridgehead atoms. The number of nitrogens with one attached hydrogen (secondary N) is 1. The molecule has 2 aliphatic rings. The van der Waals surface area contributed by atoms with Crippen molar-refractivity contribution in [2.75, 3.05) is 6.54 Å². The molecule has 0 aliphatic heterocycles. The Bertz CT molecular complexity index is 529. The van der Waals surface area contributed by atoms with Gasteiger partial charge in [0.25, 0.3) is 0 Å². The highest BCUT2D eigenvalue weighted by Gasteiger charge is 2.49. The molecule has 4 unspecified atom stereocenters. The largest absolute Gasteiger partial charge is 0.355 e. The monoisotopic (exact) mass is 336 g/mol. The third kappa shape index (κ3) is 4.07. The van der Waals surface area contributed by atoms with Crippen LogP contribution in [-0.4, -0.2) is 18.5 Å². The molecule has 23 heavy (non-hydrogen) atoms. The van der Waals surface area contributed by atoms with E-state index in [1.807, 2.05) is 6.07 Å². The van der Waals surface area contributed by atoms with Crippen molar-refractivity contribution in [1.82, 2.24) is 5.32 Å². The van der Waals surface area contributed by atoms with Gasteiger partial charge in [-0.25, -0.2) is 0 Å². The third-order valence-electron chi connectivity index (χ3n) is 5.55. The number of carbonyl (C=O) groups excluding carboxylic acids is 1. The van der Waals surface area contributed by atoms with Crippen LogP contribution < -0.4 is 11.1 Å². The van der Waals surface area contributed by atoms with Gasteiger partial charge in [-0.05, 0) is 48.5 Å². The molecule has 4 heteroatoms. The Kier molecular flexibility index (Phi) is 5.74. The summed E-state index contributed by atoms with van der Waals surface area (Å²) in [7, 11) is 0. The lowest BCUT2D eigenvalue weighted by Crippen LogP contribution is -2.47. The molecule has 3 N–H and O–H groups in total. The van der Waals surface area contributed by atoms with Crippen LogP contribution in [0.2, 0.25) is 0 Å². The van der Waals surface area contributed by atoms with Crippen LogP contribution in [0.4, 0.5) is 0 Å². The maximum absolute atomic E-state index is 12.6. The number of halogens is 1. The minimum atomic E-state index is 0. The van der Waals surface area contributed by atoms with Gasteiger partial charge in [0.1, 0.15) is 0 Å². The van der Waals surface area contributed by atoms with Crippen LogP contribution in [0.5, 0.6) is 0 Å². The molecular formula is C19H29ClN2O. The van der Waals surface area contributed by atoms with Gasteiger partial charge in [-0.3, -0.25) is 4.79 Å². The zero-order chi connectivity index (χ0) is 15.7. The van der Waals surface area contributed by atoms with Crippen molar-refractivity contribution >= 4 is 18.3 Å². The molecule has 1 aromatic carbocycles. The molecule has 2 saturated carbocycles. The lowest BCUT2D eigenvalue weighted by atomic mass is 9.83. The molecule has 0 radical (unpaired) electrons. The molecule has 0 spiro atoms. The quantitative estimate of drug-likeness (QED) is 0.867. The number of hydrogen-bond donors (Lipinski definition) is 2. The van der Waals surface area contributed by atoms with Crippen LogP contribution in [-0.2, 0) is 11.2 Å². The second-order valence-corrected chi connectivity index (χ2v) is 7.98. The molecule has 0 saturated heterocycles. The van der Waals surface area contributed by atoms with Crippen molar-refractivity contribution in [3.63, 3.8) is 0 Å². The average molecular weight is 337 g/mol. The topological polar surface area (TPSA) is 55.1 Å².